The Hall–Kier alpha value is -8.09. The van der Waals surface area contributed by atoms with Crippen LogP contribution >= 0.6 is 0 Å². The van der Waals surface area contributed by atoms with Gasteiger partial charge in [-0.05, 0) is 66.1 Å². The molecule has 13 rings (SSSR count). The van der Waals surface area contributed by atoms with Gasteiger partial charge in [0.1, 0.15) is 5.58 Å². The quantitative estimate of drug-likeness (QED) is 0.174. The fourth-order valence-corrected chi connectivity index (χ4v) is 9.74. The van der Waals surface area contributed by atoms with Crippen LogP contribution in [0, 0.1) is 0 Å². The van der Waals surface area contributed by atoms with Crippen LogP contribution in [0.5, 0.6) is 0 Å². The van der Waals surface area contributed by atoms with E-state index in [1.165, 1.54) is 27.1 Å². The molecule has 0 atom stereocenters. The van der Waals surface area contributed by atoms with Crippen LogP contribution in [-0.2, 0) is 0 Å². The number of nitrogens with zero attached hydrogens (tertiary/aromatic N) is 5. The smallest absolute Gasteiger partial charge is 0.164 e. The molecule has 12 aromatic rings. The summed E-state index contributed by atoms with van der Waals surface area (Å²) in [4.78, 5) is 15.4. The molecule has 4 aromatic heterocycles. The minimum atomic E-state index is 0.613. The molecule has 8 aromatic carbocycles. The summed E-state index contributed by atoms with van der Waals surface area (Å²) in [6, 6.07) is 60.1. The third-order valence-electron chi connectivity index (χ3n) is 12.4. The van der Waals surface area contributed by atoms with Crippen LogP contribution in [0.1, 0.15) is 18.7 Å². The Labute approximate surface area is 350 Å². The lowest BCUT2D eigenvalue weighted by Gasteiger charge is -2.12. The van der Waals surface area contributed by atoms with Crippen LogP contribution in [0.15, 0.2) is 193 Å². The van der Waals surface area contributed by atoms with Crippen molar-refractivity contribution in [3.63, 3.8) is 0 Å². The molecule has 0 amide bonds. The summed E-state index contributed by atoms with van der Waals surface area (Å²) in [7, 11) is 0. The van der Waals surface area contributed by atoms with Gasteiger partial charge in [0, 0.05) is 54.7 Å². The van der Waals surface area contributed by atoms with Gasteiger partial charge >= 0.3 is 0 Å². The van der Waals surface area contributed by atoms with Crippen LogP contribution < -0.4 is 0 Å². The van der Waals surface area contributed by atoms with E-state index >= 15 is 0 Å². The lowest BCUT2D eigenvalue weighted by molar-refractivity contribution is 0.666. The topological polar surface area (TPSA) is 61.7 Å². The SMILES string of the molecule is C1=CC(c2nc(-c3ccccc3)nc(-c3cc4oc5c(-n6c7ccccc7c7ccc8c(c9ccccc9n8-c8ccccc8)c76)cccc5c4c4ccccc34)n2)=CCC1. The number of para-hydroxylation sites is 4. The lowest BCUT2D eigenvalue weighted by Crippen LogP contribution is -2.03. The molecule has 6 heteroatoms. The van der Waals surface area contributed by atoms with Crippen LogP contribution in [0.2, 0.25) is 0 Å². The first kappa shape index (κ1) is 33.8. The van der Waals surface area contributed by atoms with Crippen molar-refractivity contribution >= 4 is 81.9 Å². The van der Waals surface area contributed by atoms with Gasteiger partial charge in [-0.1, -0.05) is 146 Å². The first-order valence-corrected chi connectivity index (χ1v) is 20.9. The normalized spacial score (nSPS) is 13.1. The first-order chi connectivity index (χ1) is 30.3. The Morgan fingerprint density at radius 2 is 1.13 bits per heavy atom. The average molecular weight is 782 g/mol. The number of furan rings is 1. The molecule has 0 radical (unpaired) electrons. The second kappa shape index (κ2) is 13.2. The maximum atomic E-state index is 7.19. The standard InChI is InChI=1S/C55H35N5O/c1-4-17-34(18-5-1)53-56-54(35-19-6-2-7-20-35)58-55(57-53)43-33-48-49(39-25-11-10-23-37(39)43)42-27-16-30-47(52(42)61-48)60-44-28-14-12-24-38(44)40-31-32-46-50(51(40)60)41-26-13-15-29-45(41)59(46)36-21-8-3-9-22-36/h1,3-6,8-33H,2,7H2. The highest BCUT2D eigenvalue weighted by atomic mass is 16.3. The maximum Gasteiger partial charge on any atom is 0.164 e. The minimum Gasteiger partial charge on any atom is -0.454 e. The van der Waals surface area contributed by atoms with E-state index in [4.69, 9.17) is 19.4 Å². The zero-order valence-corrected chi connectivity index (χ0v) is 33.0. The van der Waals surface area contributed by atoms with E-state index in [9.17, 15) is 0 Å². The number of fused-ring (bicyclic) bond motifs is 12. The highest BCUT2D eigenvalue weighted by Gasteiger charge is 2.25. The summed E-state index contributed by atoms with van der Waals surface area (Å²) in [5.41, 5.74) is 11.2. The third-order valence-corrected chi connectivity index (χ3v) is 12.4. The summed E-state index contributed by atoms with van der Waals surface area (Å²) < 4.78 is 12.0. The number of hydrogen-bond acceptors (Lipinski definition) is 4. The molecule has 6 nitrogen and oxygen atoms in total. The van der Waals surface area contributed by atoms with Crippen LogP contribution in [0.3, 0.4) is 0 Å². The highest BCUT2D eigenvalue weighted by Crippen LogP contribution is 2.46. The maximum absolute atomic E-state index is 7.19. The third kappa shape index (κ3) is 5.06. The Bertz CT molecular complexity index is 3810. The molecule has 286 valence electrons. The molecule has 0 fully saturated rings. The Balaban J connectivity index is 1.11. The lowest BCUT2D eigenvalue weighted by atomic mass is 9.98. The highest BCUT2D eigenvalue weighted by molar-refractivity contribution is 6.27. The second-order valence-electron chi connectivity index (χ2n) is 15.8. The van der Waals surface area contributed by atoms with E-state index in [-0.39, 0.29) is 0 Å². The van der Waals surface area contributed by atoms with Crippen molar-refractivity contribution in [1.82, 2.24) is 24.1 Å². The van der Waals surface area contributed by atoms with Crippen molar-refractivity contribution in [3.05, 3.63) is 194 Å². The molecule has 4 heterocycles. The van der Waals surface area contributed by atoms with Gasteiger partial charge in [0.2, 0.25) is 0 Å². The summed E-state index contributed by atoms with van der Waals surface area (Å²) >= 11 is 0. The van der Waals surface area contributed by atoms with Crippen molar-refractivity contribution in [2.75, 3.05) is 0 Å². The zero-order valence-electron chi connectivity index (χ0n) is 33.0. The largest absolute Gasteiger partial charge is 0.454 e. The van der Waals surface area contributed by atoms with Gasteiger partial charge < -0.3 is 13.6 Å². The molecule has 0 unspecified atom stereocenters. The first-order valence-electron chi connectivity index (χ1n) is 20.9. The molecule has 1 aliphatic rings. The van der Waals surface area contributed by atoms with Crippen molar-refractivity contribution < 1.29 is 4.42 Å². The van der Waals surface area contributed by atoms with Crippen molar-refractivity contribution in [3.8, 4) is 34.2 Å². The Morgan fingerprint density at radius 1 is 0.459 bits per heavy atom. The van der Waals surface area contributed by atoms with Gasteiger partial charge in [-0.25, -0.2) is 15.0 Å². The molecule has 61 heavy (non-hydrogen) atoms. The summed E-state index contributed by atoms with van der Waals surface area (Å²) in [6.45, 7) is 0. The van der Waals surface area contributed by atoms with E-state index in [0.29, 0.717) is 17.5 Å². The van der Waals surface area contributed by atoms with Gasteiger partial charge in [-0.3, -0.25) is 0 Å². The van der Waals surface area contributed by atoms with Crippen molar-refractivity contribution in [1.29, 1.82) is 0 Å². The number of hydrogen-bond donors (Lipinski definition) is 0. The van der Waals surface area contributed by atoms with Gasteiger partial charge in [0.05, 0.1) is 27.8 Å². The van der Waals surface area contributed by atoms with Gasteiger partial charge in [0.25, 0.3) is 0 Å². The Morgan fingerprint density at radius 3 is 1.93 bits per heavy atom. The molecule has 0 N–H and O–H groups in total. The predicted octanol–water partition coefficient (Wildman–Crippen LogP) is 14.2. The Kier molecular flexibility index (Phi) is 7.33. The second-order valence-corrected chi connectivity index (χ2v) is 15.8. The van der Waals surface area contributed by atoms with Gasteiger partial charge in [0.15, 0.2) is 23.1 Å². The number of aromatic nitrogens is 5. The van der Waals surface area contributed by atoms with Crippen molar-refractivity contribution in [2.45, 2.75) is 12.8 Å². The van der Waals surface area contributed by atoms with E-state index in [1.807, 2.05) is 18.2 Å². The molecule has 0 spiro atoms. The van der Waals surface area contributed by atoms with Crippen LogP contribution in [0.25, 0.3) is 116 Å². The summed E-state index contributed by atoms with van der Waals surface area (Å²) in [6.07, 6.45) is 8.51. The van der Waals surface area contributed by atoms with Crippen LogP contribution in [-0.4, -0.2) is 24.1 Å². The molecule has 0 bridgehead atoms. The molecular formula is C55H35N5O. The molecular weight excluding hydrogens is 747 g/mol. The predicted molar refractivity (Wildman–Crippen MR) is 251 cm³/mol. The number of allylic oxidation sites excluding steroid dienone is 4. The van der Waals surface area contributed by atoms with E-state index in [1.54, 1.807) is 0 Å². The summed E-state index contributed by atoms with van der Waals surface area (Å²) in [5.74, 6) is 1.92. The van der Waals surface area contributed by atoms with E-state index in [0.717, 1.165) is 90.2 Å². The molecule has 0 saturated heterocycles. The van der Waals surface area contributed by atoms with Crippen molar-refractivity contribution in [2.24, 2.45) is 0 Å². The van der Waals surface area contributed by atoms with E-state index in [2.05, 4.69) is 179 Å². The number of rotatable bonds is 5. The zero-order chi connectivity index (χ0) is 40.0. The fourth-order valence-electron chi connectivity index (χ4n) is 9.74. The van der Waals surface area contributed by atoms with Gasteiger partial charge in [-0.2, -0.15) is 0 Å². The summed E-state index contributed by atoms with van der Waals surface area (Å²) in [5, 5.41) is 9.06. The average Bonchev–Trinajstić information content (AvgIpc) is 4.00. The number of benzene rings is 8. The molecule has 0 saturated carbocycles. The fraction of sp³-hybridized carbons (Fsp3) is 0.0364. The van der Waals surface area contributed by atoms with E-state index < -0.39 is 0 Å². The molecule has 1 aliphatic carbocycles. The minimum absolute atomic E-state index is 0.613. The molecule has 0 aliphatic heterocycles. The van der Waals surface area contributed by atoms with Gasteiger partial charge in [-0.15, -0.1) is 0 Å². The monoisotopic (exact) mass is 781 g/mol. The van der Waals surface area contributed by atoms with Crippen LogP contribution in [0.4, 0.5) is 0 Å².